The highest BCUT2D eigenvalue weighted by Crippen LogP contribution is 2.24. The molecule has 0 aromatic heterocycles. The fourth-order valence-electron chi connectivity index (χ4n) is 1.55. The van der Waals surface area contributed by atoms with Crippen LogP contribution in [-0.4, -0.2) is 44.9 Å². The third-order valence-electron chi connectivity index (χ3n) is 2.69. The van der Waals surface area contributed by atoms with E-state index in [1.165, 1.54) is 4.90 Å². The van der Waals surface area contributed by atoms with Gasteiger partial charge in [0.1, 0.15) is 11.5 Å². The Labute approximate surface area is 106 Å². The maximum atomic E-state index is 11.1. The fraction of sp³-hybridized carbons (Fsp3) is 0.385. The van der Waals surface area contributed by atoms with E-state index in [1.54, 1.807) is 27.3 Å². The number of aldehydes is 1. The van der Waals surface area contributed by atoms with Gasteiger partial charge in [-0.25, -0.2) is 0 Å². The Morgan fingerprint density at radius 3 is 2.61 bits per heavy atom. The third kappa shape index (κ3) is 3.48. The van der Waals surface area contributed by atoms with Gasteiger partial charge in [-0.2, -0.15) is 0 Å². The van der Waals surface area contributed by atoms with E-state index in [0.717, 1.165) is 5.56 Å². The summed E-state index contributed by atoms with van der Waals surface area (Å²) >= 11 is 0. The minimum atomic E-state index is -0.525. The Bertz CT molecular complexity index is 431. The van der Waals surface area contributed by atoms with Gasteiger partial charge in [0, 0.05) is 19.7 Å². The molecule has 1 aromatic carbocycles. The minimum Gasteiger partial charge on any atom is -0.497 e. The van der Waals surface area contributed by atoms with Crippen LogP contribution in [0.3, 0.4) is 0 Å². The number of ether oxygens (including phenoxy) is 2. The van der Waals surface area contributed by atoms with Crippen LogP contribution in [0.15, 0.2) is 18.2 Å². The number of hydrogen-bond donors (Lipinski definition) is 0. The van der Waals surface area contributed by atoms with Crippen molar-refractivity contribution in [3.63, 3.8) is 0 Å². The number of hydrogen-bond acceptors (Lipinski definition) is 4. The van der Waals surface area contributed by atoms with Gasteiger partial charge in [-0.15, -0.1) is 0 Å². The number of likely N-dealkylation sites (N-methyl/N-ethyl adjacent to an activating group) is 1. The Hall–Kier alpha value is -2.04. The molecule has 1 amide bonds. The van der Waals surface area contributed by atoms with E-state index < -0.39 is 5.91 Å². The first-order valence-electron chi connectivity index (χ1n) is 5.53. The van der Waals surface area contributed by atoms with Gasteiger partial charge in [0.25, 0.3) is 5.91 Å². The van der Waals surface area contributed by atoms with Crippen LogP contribution in [-0.2, 0) is 16.0 Å². The van der Waals surface area contributed by atoms with Crippen molar-refractivity contribution in [2.45, 2.75) is 6.42 Å². The van der Waals surface area contributed by atoms with Crippen molar-refractivity contribution >= 4 is 12.2 Å². The second-order valence-corrected chi connectivity index (χ2v) is 3.81. The van der Waals surface area contributed by atoms with Crippen LogP contribution in [0.2, 0.25) is 0 Å². The molecule has 5 heteroatoms. The molecule has 98 valence electrons. The molecule has 0 bridgehead atoms. The van der Waals surface area contributed by atoms with Crippen molar-refractivity contribution in [1.82, 2.24) is 4.90 Å². The summed E-state index contributed by atoms with van der Waals surface area (Å²) in [6, 6.07) is 5.51. The van der Waals surface area contributed by atoms with Gasteiger partial charge < -0.3 is 14.4 Å². The highest BCUT2D eigenvalue weighted by atomic mass is 16.5. The summed E-state index contributed by atoms with van der Waals surface area (Å²) in [5, 5.41) is 0. The van der Waals surface area contributed by atoms with E-state index in [-0.39, 0.29) is 0 Å². The lowest BCUT2D eigenvalue weighted by Gasteiger charge is -2.15. The van der Waals surface area contributed by atoms with Crippen molar-refractivity contribution in [3.05, 3.63) is 23.8 Å². The van der Waals surface area contributed by atoms with E-state index in [4.69, 9.17) is 9.47 Å². The zero-order valence-corrected chi connectivity index (χ0v) is 10.8. The first kappa shape index (κ1) is 14.0. The van der Waals surface area contributed by atoms with Gasteiger partial charge in [-0.1, -0.05) is 6.07 Å². The van der Waals surface area contributed by atoms with Crippen LogP contribution < -0.4 is 9.47 Å². The van der Waals surface area contributed by atoms with Gasteiger partial charge >= 0.3 is 0 Å². The number of carbonyl (C=O) groups excluding carboxylic acids is 2. The predicted octanol–water partition coefficient (Wildman–Crippen LogP) is 0.904. The van der Waals surface area contributed by atoms with Gasteiger partial charge in [0.15, 0.2) is 0 Å². The average molecular weight is 251 g/mol. The summed E-state index contributed by atoms with van der Waals surface area (Å²) in [6.07, 6.45) is 0.925. The highest BCUT2D eigenvalue weighted by Gasteiger charge is 2.09. The van der Waals surface area contributed by atoms with Crippen LogP contribution in [0.5, 0.6) is 11.5 Å². The molecule has 1 rings (SSSR count). The topological polar surface area (TPSA) is 55.8 Å². The highest BCUT2D eigenvalue weighted by molar-refractivity contribution is 6.23. The van der Waals surface area contributed by atoms with Gasteiger partial charge in [0.2, 0.25) is 6.29 Å². The number of amides is 1. The smallest absolute Gasteiger partial charge is 0.286 e. The maximum Gasteiger partial charge on any atom is 0.286 e. The predicted molar refractivity (Wildman–Crippen MR) is 67.0 cm³/mol. The Kier molecular flexibility index (Phi) is 5.17. The van der Waals surface area contributed by atoms with Crippen LogP contribution in [0.25, 0.3) is 0 Å². The van der Waals surface area contributed by atoms with Crippen molar-refractivity contribution in [2.75, 3.05) is 27.8 Å². The molecule has 0 aliphatic carbocycles. The van der Waals surface area contributed by atoms with E-state index >= 15 is 0 Å². The molecular formula is C13H17NO4. The molecule has 0 aliphatic rings. The third-order valence-corrected chi connectivity index (χ3v) is 2.69. The SMILES string of the molecule is COc1ccc(CCN(C)C(=O)C=O)c(OC)c1. The van der Waals surface area contributed by atoms with Gasteiger partial charge in [-0.05, 0) is 18.1 Å². The minimum absolute atomic E-state index is 0.311. The summed E-state index contributed by atoms with van der Waals surface area (Å²) in [5.74, 6) is 0.900. The molecule has 1 aromatic rings. The van der Waals surface area contributed by atoms with Gasteiger partial charge in [0.05, 0.1) is 14.2 Å². The zero-order chi connectivity index (χ0) is 13.5. The molecule has 0 aliphatic heterocycles. The number of methoxy groups -OCH3 is 2. The molecule has 5 nitrogen and oxygen atoms in total. The molecule has 0 radical (unpaired) electrons. The van der Waals surface area contributed by atoms with E-state index in [2.05, 4.69) is 0 Å². The Morgan fingerprint density at radius 2 is 2.06 bits per heavy atom. The summed E-state index contributed by atoms with van der Waals surface area (Å²) in [6.45, 7) is 0.459. The van der Waals surface area contributed by atoms with Crippen LogP contribution in [0, 0.1) is 0 Å². The summed E-state index contributed by atoms with van der Waals surface area (Å²) in [7, 11) is 4.76. The largest absolute Gasteiger partial charge is 0.497 e. The second kappa shape index (κ2) is 6.64. The maximum absolute atomic E-state index is 11.1. The lowest BCUT2D eigenvalue weighted by atomic mass is 10.1. The molecule has 0 heterocycles. The summed E-state index contributed by atoms with van der Waals surface area (Å²) < 4.78 is 10.4. The summed E-state index contributed by atoms with van der Waals surface area (Å²) in [5.41, 5.74) is 0.962. The number of carbonyl (C=O) groups is 2. The van der Waals surface area contributed by atoms with E-state index in [9.17, 15) is 9.59 Å². The van der Waals surface area contributed by atoms with Crippen LogP contribution in [0.4, 0.5) is 0 Å². The Balaban J connectivity index is 2.72. The number of nitrogens with zero attached hydrogens (tertiary/aromatic N) is 1. The molecule has 0 saturated heterocycles. The molecule has 0 spiro atoms. The van der Waals surface area contributed by atoms with E-state index in [0.29, 0.717) is 30.8 Å². The van der Waals surface area contributed by atoms with Crippen molar-refractivity contribution in [1.29, 1.82) is 0 Å². The molecule has 0 fully saturated rings. The first-order chi connectivity index (χ1) is 8.62. The van der Waals surface area contributed by atoms with Gasteiger partial charge in [-0.3, -0.25) is 9.59 Å². The number of benzene rings is 1. The lowest BCUT2D eigenvalue weighted by Crippen LogP contribution is -2.29. The molecule has 0 N–H and O–H groups in total. The summed E-state index contributed by atoms with van der Waals surface area (Å²) in [4.78, 5) is 22.8. The second-order valence-electron chi connectivity index (χ2n) is 3.81. The van der Waals surface area contributed by atoms with Crippen molar-refractivity contribution in [3.8, 4) is 11.5 Å². The number of rotatable bonds is 6. The van der Waals surface area contributed by atoms with Crippen molar-refractivity contribution < 1.29 is 19.1 Å². The lowest BCUT2D eigenvalue weighted by molar-refractivity contribution is -0.137. The van der Waals surface area contributed by atoms with Crippen LogP contribution in [0.1, 0.15) is 5.56 Å². The first-order valence-corrected chi connectivity index (χ1v) is 5.53. The van der Waals surface area contributed by atoms with Crippen LogP contribution >= 0.6 is 0 Å². The normalized spacial score (nSPS) is 9.72. The monoisotopic (exact) mass is 251 g/mol. The van der Waals surface area contributed by atoms with E-state index in [1.807, 2.05) is 12.1 Å². The van der Waals surface area contributed by atoms with Crippen molar-refractivity contribution in [2.24, 2.45) is 0 Å². The fourth-order valence-corrected chi connectivity index (χ4v) is 1.55. The zero-order valence-electron chi connectivity index (χ0n) is 10.8. The quantitative estimate of drug-likeness (QED) is 0.557. The molecule has 18 heavy (non-hydrogen) atoms. The average Bonchev–Trinajstić information content (AvgIpc) is 2.43. The molecule has 0 atom stereocenters. The standard InChI is InChI=1S/C13H17NO4/c1-14(13(16)9-15)7-6-10-4-5-11(17-2)8-12(10)18-3/h4-5,8-9H,6-7H2,1-3H3. The Morgan fingerprint density at radius 1 is 1.33 bits per heavy atom. The molecular weight excluding hydrogens is 234 g/mol. The molecule has 0 unspecified atom stereocenters. The molecule has 0 saturated carbocycles.